The van der Waals surface area contributed by atoms with Crippen LogP contribution in [0.3, 0.4) is 0 Å². The van der Waals surface area contributed by atoms with Crippen molar-refractivity contribution in [3.63, 3.8) is 0 Å². The largest absolute Gasteiger partial charge is 0.480 e. The van der Waals surface area contributed by atoms with Gasteiger partial charge in [-0.25, -0.2) is 8.42 Å². The molecule has 0 spiro atoms. The fourth-order valence-corrected chi connectivity index (χ4v) is 5.74. The number of halogens is 2. The number of benzene rings is 2. The Morgan fingerprint density at radius 2 is 2.00 bits per heavy atom. The molecule has 1 atom stereocenters. The molecule has 1 aromatic heterocycles. The van der Waals surface area contributed by atoms with Crippen LogP contribution in [0.15, 0.2) is 53.6 Å². The summed E-state index contributed by atoms with van der Waals surface area (Å²) in [5.74, 6) is -0.506. The van der Waals surface area contributed by atoms with Gasteiger partial charge in [-0.3, -0.25) is 14.8 Å². The molecule has 2 N–H and O–H groups in total. The molecule has 0 unspecified atom stereocenters. The predicted molar refractivity (Wildman–Crippen MR) is 124 cm³/mol. The van der Waals surface area contributed by atoms with Gasteiger partial charge >= 0.3 is 5.97 Å². The van der Waals surface area contributed by atoms with E-state index in [9.17, 15) is 13.2 Å². The van der Waals surface area contributed by atoms with E-state index in [2.05, 4.69) is 10.4 Å². The first kappa shape index (κ1) is 23.6. The fraction of sp³-hybridized carbons (Fsp3) is 0.273. The van der Waals surface area contributed by atoms with E-state index in [0.29, 0.717) is 22.9 Å². The van der Waals surface area contributed by atoms with Gasteiger partial charge in [-0.2, -0.15) is 5.10 Å². The lowest BCUT2D eigenvalue weighted by Gasteiger charge is -2.24. The van der Waals surface area contributed by atoms with Crippen molar-refractivity contribution in [2.45, 2.75) is 36.7 Å². The maximum absolute atomic E-state index is 13.0. The molecule has 0 saturated heterocycles. The standard InChI is InChI=1S/C22H21Cl2N3O5S/c23-16-4-1-2-7-20(16)32-14-8-9-21(17(24)10-14)33(30,31)13-25-18-5-3-6-19-15(18)11-26-27(19)12-22(28)29/h1-2,4,7-11,18,25H,3,5-6,12-13H2,(H,28,29)/t18-/m1/s1. The predicted octanol–water partition coefficient (Wildman–Crippen LogP) is 4.47. The summed E-state index contributed by atoms with van der Waals surface area (Å²) in [7, 11) is -3.75. The number of sulfone groups is 1. The number of aromatic nitrogens is 2. The molecule has 2 aromatic carbocycles. The van der Waals surface area contributed by atoms with Crippen molar-refractivity contribution in [3.05, 3.63) is 70.0 Å². The van der Waals surface area contributed by atoms with E-state index in [1.54, 1.807) is 30.5 Å². The highest BCUT2D eigenvalue weighted by atomic mass is 35.5. The maximum atomic E-state index is 13.0. The Bertz CT molecular complexity index is 1290. The quantitative estimate of drug-likeness (QED) is 0.460. The summed E-state index contributed by atoms with van der Waals surface area (Å²) >= 11 is 12.4. The van der Waals surface area contributed by atoms with E-state index in [4.69, 9.17) is 33.0 Å². The van der Waals surface area contributed by atoms with Gasteiger partial charge in [0, 0.05) is 23.4 Å². The van der Waals surface area contributed by atoms with Crippen LogP contribution >= 0.6 is 23.2 Å². The van der Waals surface area contributed by atoms with E-state index >= 15 is 0 Å². The number of para-hydroxylation sites is 1. The van der Waals surface area contributed by atoms with E-state index in [1.807, 2.05) is 0 Å². The number of carboxylic acids is 1. The molecule has 0 bridgehead atoms. The third kappa shape index (κ3) is 5.33. The second kappa shape index (κ2) is 9.72. The first-order chi connectivity index (χ1) is 15.7. The lowest BCUT2D eigenvalue weighted by Crippen LogP contribution is -2.30. The zero-order valence-electron chi connectivity index (χ0n) is 17.4. The van der Waals surface area contributed by atoms with Gasteiger partial charge in [0.05, 0.1) is 21.1 Å². The van der Waals surface area contributed by atoms with Crippen LogP contribution in [0.25, 0.3) is 0 Å². The number of ether oxygens (including phenoxy) is 1. The van der Waals surface area contributed by atoms with Gasteiger partial charge in [0.1, 0.15) is 23.9 Å². The second-order valence-electron chi connectivity index (χ2n) is 7.63. The fourth-order valence-electron chi connectivity index (χ4n) is 3.83. The highest BCUT2D eigenvalue weighted by Gasteiger charge is 2.27. The molecule has 0 amide bonds. The first-order valence-corrected chi connectivity index (χ1v) is 12.6. The number of nitrogens with one attached hydrogen (secondary N) is 1. The molecule has 8 nitrogen and oxygen atoms in total. The zero-order valence-corrected chi connectivity index (χ0v) is 19.7. The molecule has 1 heterocycles. The van der Waals surface area contributed by atoms with Gasteiger partial charge in [-0.15, -0.1) is 0 Å². The summed E-state index contributed by atoms with van der Waals surface area (Å²) in [6, 6.07) is 11.1. The number of aliphatic carboxylic acids is 1. The number of fused-ring (bicyclic) bond motifs is 1. The van der Waals surface area contributed by atoms with E-state index in [0.717, 1.165) is 24.1 Å². The number of rotatable bonds is 8. The topological polar surface area (TPSA) is 111 Å². The number of carbonyl (C=O) groups is 1. The number of carboxylic acid groups (broad SMARTS) is 1. The lowest BCUT2D eigenvalue weighted by molar-refractivity contribution is -0.137. The molecule has 174 valence electrons. The molecule has 0 aliphatic heterocycles. The second-order valence-corrected chi connectivity index (χ2v) is 10.4. The minimum absolute atomic E-state index is 0.0132. The zero-order chi connectivity index (χ0) is 23.6. The van der Waals surface area contributed by atoms with Crippen molar-refractivity contribution in [1.29, 1.82) is 0 Å². The van der Waals surface area contributed by atoms with Crippen molar-refractivity contribution in [3.8, 4) is 11.5 Å². The normalized spacial score (nSPS) is 15.8. The number of hydrogen-bond acceptors (Lipinski definition) is 6. The molecular formula is C22H21Cl2N3O5S. The summed E-state index contributed by atoms with van der Waals surface area (Å²) in [6.07, 6.45) is 3.83. The van der Waals surface area contributed by atoms with Crippen LogP contribution in [-0.2, 0) is 27.6 Å². The summed E-state index contributed by atoms with van der Waals surface area (Å²) in [6.45, 7) is -0.224. The van der Waals surface area contributed by atoms with Crippen molar-refractivity contribution >= 4 is 39.0 Å². The van der Waals surface area contributed by atoms with E-state index in [1.165, 1.54) is 22.9 Å². The molecule has 33 heavy (non-hydrogen) atoms. The third-order valence-electron chi connectivity index (χ3n) is 5.37. The molecule has 0 fully saturated rings. The Kier molecular flexibility index (Phi) is 6.94. The average Bonchev–Trinajstić information content (AvgIpc) is 3.16. The average molecular weight is 510 g/mol. The number of hydrogen-bond donors (Lipinski definition) is 2. The summed E-state index contributed by atoms with van der Waals surface area (Å²) < 4.78 is 33.1. The monoisotopic (exact) mass is 509 g/mol. The van der Waals surface area contributed by atoms with Gasteiger partial charge in [0.25, 0.3) is 0 Å². The van der Waals surface area contributed by atoms with Crippen molar-refractivity contribution in [1.82, 2.24) is 15.1 Å². The highest BCUT2D eigenvalue weighted by Crippen LogP contribution is 2.34. The molecule has 0 radical (unpaired) electrons. The molecule has 11 heteroatoms. The van der Waals surface area contributed by atoms with Gasteiger partial charge in [0.15, 0.2) is 9.84 Å². The Balaban J connectivity index is 1.47. The molecule has 4 rings (SSSR count). The Morgan fingerprint density at radius 3 is 2.73 bits per heavy atom. The minimum Gasteiger partial charge on any atom is -0.480 e. The third-order valence-corrected chi connectivity index (χ3v) is 7.68. The SMILES string of the molecule is O=C(O)Cn1ncc2c1CCC[C@H]2NCS(=O)(=O)c1ccc(Oc2ccccc2Cl)cc1Cl. The van der Waals surface area contributed by atoms with Gasteiger partial charge in [-0.05, 0) is 43.5 Å². The highest BCUT2D eigenvalue weighted by molar-refractivity contribution is 7.91. The number of nitrogens with zero attached hydrogens (tertiary/aromatic N) is 2. The summed E-state index contributed by atoms with van der Waals surface area (Å²) in [4.78, 5) is 11.0. The van der Waals surface area contributed by atoms with Crippen molar-refractivity contribution < 1.29 is 23.1 Å². The van der Waals surface area contributed by atoms with Crippen LogP contribution in [-0.4, -0.2) is 35.2 Å². The smallest absolute Gasteiger partial charge is 0.325 e. The Morgan fingerprint density at radius 1 is 1.21 bits per heavy atom. The van der Waals surface area contributed by atoms with Crippen LogP contribution in [0.2, 0.25) is 10.0 Å². The van der Waals surface area contributed by atoms with Gasteiger partial charge < -0.3 is 9.84 Å². The molecule has 1 aliphatic carbocycles. The first-order valence-electron chi connectivity index (χ1n) is 10.2. The lowest BCUT2D eigenvalue weighted by atomic mass is 9.93. The van der Waals surface area contributed by atoms with Crippen LogP contribution in [0, 0.1) is 0 Å². The van der Waals surface area contributed by atoms with Crippen LogP contribution in [0.5, 0.6) is 11.5 Å². The molecule has 3 aromatic rings. The molecule has 0 saturated carbocycles. The van der Waals surface area contributed by atoms with E-state index in [-0.39, 0.29) is 28.4 Å². The molecular weight excluding hydrogens is 489 g/mol. The molecule has 1 aliphatic rings. The maximum Gasteiger partial charge on any atom is 0.325 e. The van der Waals surface area contributed by atoms with Crippen LogP contribution in [0.4, 0.5) is 0 Å². The minimum atomic E-state index is -3.75. The Hall–Kier alpha value is -2.59. The summed E-state index contributed by atoms with van der Waals surface area (Å²) in [5.41, 5.74) is 1.64. The van der Waals surface area contributed by atoms with Gasteiger partial charge in [0.2, 0.25) is 0 Å². The van der Waals surface area contributed by atoms with E-state index < -0.39 is 15.8 Å². The summed E-state index contributed by atoms with van der Waals surface area (Å²) in [5, 5.41) is 16.7. The van der Waals surface area contributed by atoms with Crippen molar-refractivity contribution in [2.24, 2.45) is 0 Å². The van der Waals surface area contributed by atoms with Crippen molar-refractivity contribution in [2.75, 3.05) is 5.88 Å². The Labute approximate surface area is 201 Å². The van der Waals surface area contributed by atoms with Crippen LogP contribution < -0.4 is 10.1 Å². The van der Waals surface area contributed by atoms with Gasteiger partial charge in [-0.1, -0.05) is 35.3 Å². The van der Waals surface area contributed by atoms with Crippen LogP contribution in [0.1, 0.15) is 30.1 Å².